The van der Waals surface area contributed by atoms with Crippen LogP contribution in [0.1, 0.15) is 35.2 Å². The summed E-state index contributed by atoms with van der Waals surface area (Å²) in [6, 6.07) is 9.49. The summed E-state index contributed by atoms with van der Waals surface area (Å²) >= 11 is 0. The van der Waals surface area contributed by atoms with Gasteiger partial charge in [-0.1, -0.05) is 18.2 Å². The maximum absolute atomic E-state index is 12.2. The molecule has 0 bridgehead atoms. The lowest BCUT2D eigenvalue weighted by Crippen LogP contribution is -2.32. The van der Waals surface area contributed by atoms with Crippen LogP contribution in [-0.2, 0) is 6.42 Å². The summed E-state index contributed by atoms with van der Waals surface area (Å²) in [4.78, 5) is 23.1. The Morgan fingerprint density at radius 3 is 2.47 bits per heavy atom. The summed E-state index contributed by atoms with van der Waals surface area (Å²) in [5, 5.41) is 11.4. The lowest BCUT2D eigenvalue weighted by atomic mass is 9.95. The van der Waals surface area contributed by atoms with Crippen LogP contribution in [0.4, 0.5) is 4.79 Å². The van der Waals surface area contributed by atoms with Gasteiger partial charge in [0, 0.05) is 29.5 Å². The topological polar surface area (TPSA) is 94.1 Å². The van der Waals surface area contributed by atoms with Gasteiger partial charge < -0.3 is 24.6 Å². The van der Waals surface area contributed by atoms with Crippen molar-refractivity contribution >= 4 is 11.9 Å². The van der Waals surface area contributed by atoms with E-state index in [0.717, 1.165) is 35.1 Å². The van der Waals surface area contributed by atoms with Crippen LogP contribution in [0.15, 0.2) is 30.3 Å². The Morgan fingerprint density at radius 1 is 1.03 bits per heavy atom. The minimum atomic E-state index is -1.04. The van der Waals surface area contributed by atoms with Crippen LogP contribution in [0.5, 0.6) is 17.2 Å². The number of carbonyl (C=O) groups is 2. The van der Waals surface area contributed by atoms with Gasteiger partial charge in [0.2, 0.25) is 5.75 Å². The standard InChI is InChI=1S/C23H25NO6/c1-28-19-9-7-17(14-4-3-5-16-15(14)6-8-18(16)25)20(21(19)29-2)30-13-23(10-11-23)12-24-22(26)27/h3-5,7,9,24H,6,8,10-13H2,1-2H3,(H,26,27). The van der Waals surface area contributed by atoms with Gasteiger partial charge in [0.25, 0.3) is 0 Å². The summed E-state index contributed by atoms with van der Waals surface area (Å²) < 4.78 is 17.4. The second kappa shape index (κ2) is 7.89. The third kappa shape index (κ3) is 3.67. The van der Waals surface area contributed by atoms with Gasteiger partial charge in [-0.3, -0.25) is 4.79 Å². The van der Waals surface area contributed by atoms with E-state index in [9.17, 15) is 9.59 Å². The van der Waals surface area contributed by atoms with Crippen molar-refractivity contribution in [3.8, 4) is 28.4 Å². The third-order valence-electron chi connectivity index (χ3n) is 5.96. The molecule has 1 amide bonds. The molecule has 2 N–H and O–H groups in total. The molecule has 1 fully saturated rings. The van der Waals surface area contributed by atoms with Gasteiger partial charge in [0.05, 0.1) is 20.8 Å². The van der Waals surface area contributed by atoms with Crippen LogP contribution in [0, 0.1) is 5.41 Å². The molecule has 7 heteroatoms. The van der Waals surface area contributed by atoms with Crippen molar-refractivity contribution < 1.29 is 28.9 Å². The molecule has 1 saturated carbocycles. The zero-order chi connectivity index (χ0) is 21.3. The molecule has 2 aromatic carbocycles. The van der Waals surface area contributed by atoms with Gasteiger partial charge in [-0.15, -0.1) is 0 Å². The summed E-state index contributed by atoms with van der Waals surface area (Å²) in [5.74, 6) is 1.74. The second-order valence-electron chi connectivity index (χ2n) is 7.88. The van der Waals surface area contributed by atoms with Crippen molar-refractivity contribution in [2.75, 3.05) is 27.4 Å². The molecule has 2 aliphatic rings. The quantitative estimate of drug-likeness (QED) is 0.684. The Morgan fingerprint density at radius 2 is 1.80 bits per heavy atom. The largest absolute Gasteiger partial charge is 0.493 e. The molecule has 0 heterocycles. The Hall–Kier alpha value is -3.22. The lowest BCUT2D eigenvalue weighted by molar-refractivity contribution is 0.0994. The van der Waals surface area contributed by atoms with E-state index in [2.05, 4.69) is 5.32 Å². The maximum atomic E-state index is 12.2. The number of carbonyl (C=O) groups excluding carboxylic acids is 1. The first-order valence-corrected chi connectivity index (χ1v) is 9.98. The molecule has 0 saturated heterocycles. The number of Topliss-reactive ketones (excluding diaryl/α,β-unsaturated/α-hetero) is 1. The van der Waals surface area contributed by atoms with Crippen LogP contribution in [0.2, 0.25) is 0 Å². The Labute approximate surface area is 174 Å². The third-order valence-corrected chi connectivity index (χ3v) is 5.96. The number of amides is 1. The van der Waals surface area contributed by atoms with Crippen molar-refractivity contribution in [2.24, 2.45) is 5.41 Å². The SMILES string of the molecule is COc1ccc(-c2cccc3c2CCC3=O)c(OCC2(CNC(=O)O)CC2)c1OC. The molecule has 2 aromatic rings. The zero-order valence-corrected chi connectivity index (χ0v) is 17.1. The number of hydrogen-bond acceptors (Lipinski definition) is 5. The van der Waals surface area contributed by atoms with E-state index < -0.39 is 6.09 Å². The predicted octanol–water partition coefficient (Wildman–Crippen LogP) is 3.93. The number of ether oxygens (including phenoxy) is 3. The van der Waals surface area contributed by atoms with Gasteiger partial charge in [0.15, 0.2) is 17.3 Å². The Kier molecular flexibility index (Phi) is 5.28. The minimum Gasteiger partial charge on any atom is -0.493 e. The number of carboxylic acid groups (broad SMARTS) is 1. The van der Waals surface area contributed by atoms with Crippen molar-refractivity contribution in [3.63, 3.8) is 0 Å². The van der Waals surface area contributed by atoms with Gasteiger partial charge in [-0.05, 0) is 42.5 Å². The van der Waals surface area contributed by atoms with E-state index in [0.29, 0.717) is 43.2 Å². The average molecular weight is 411 g/mol. The number of nitrogens with one attached hydrogen (secondary N) is 1. The zero-order valence-electron chi connectivity index (χ0n) is 17.1. The molecular formula is C23H25NO6. The maximum Gasteiger partial charge on any atom is 0.404 e. The van der Waals surface area contributed by atoms with Crippen molar-refractivity contribution in [1.82, 2.24) is 5.32 Å². The van der Waals surface area contributed by atoms with Crippen molar-refractivity contribution in [2.45, 2.75) is 25.7 Å². The Bertz CT molecular complexity index is 995. The second-order valence-corrected chi connectivity index (χ2v) is 7.88. The molecule has 0 aromatic heterocycles. The van der Waals surface area contributed by atoms with Crippen LogP contribution in [0.3, 0.4) is 0 Å². The molecular weight excluding hydrogens is 386 g/mol. The summed E-state index contributed by atoms with van der Waals surface area (Å²) in [6.45, 7) is 0.705. The van der Waals surface area contributed by atoms with Crippen LogP contribution in [0.25, 0.3) is 11.1 Å². The van der Waals surface area contributed by atoms with E-state index in [1.54, 1.807) is 14.2 Å². The highest BCUT2D eigenvalue weighted by molar-refractivity contribution is 6.02. The molecule has 30 heavy (non-hydrogen) atoms. The van der Waals surface area contributed by atoms with E-state index >= 15 is 0 Å². The van der Waals surface area contributed by atoms with Gasteiger partial charge >= 0.3 is 6.09 Å². The number of rotatable bonds is 8. The predicted molar refractivity (Wildman–Crippen MR) is 111 cm³/mol. The number of hydrogen-bond donors (Lipinski definition) is 2. The first-order valence-electron chi connectivity index (χ1n) is 9.98. The fraction of sp³-hybridized carbons (Fsp3) is 0.391. The van der Waals surface area contributed by atoms with Crippen LogP contribution in [-0.4, -0.2) is 44.4 Å². The van der Waals surface area contributed by atoms with Crippen molar-refractivity contribution in [1.29, 1.82) is 0 Å². The molecule has 0 atom stereocenters. The van der Waals surface area contributed by atoms with Crippen LogP contribution >= 0.6 is 0 Å². The molecule has 2 aliphatic carbocycles. The monoisotopic (exact) mass is 411 g/mol. The van der Waals surface area contributed by atoms with E-state index in [1.165, 1.54) is 0 Å². The molecule has 0 spiro atoms. The Balaban J connectivity index is 1.72. The normalized spacial score (nSPS) is 16.0. The number of benzene rings is 2. The summed E-state index contributed by atoms with van der Waals surface area (Å²) in [6.07, 6.45) is 1.96. The molecule has 0 radical (unpaired) electrons. The summed E-state index contributed by atoms with van der Waals surface area (Å²) in [5.41, 5.74) is 3.35. The molecule has 0 unspecified atom stereocenters. The number of ketones is 1. The first kappa shape index (κ1) is 20.1. The molecule has 158 valence electrons. The highest BCUT2D eigenvalue weighted by atomic mass is 16.5. The smallest absolute Gasteiger partial charge is 0.404 e. The minimum absolute atomic E-state index is 0.159. The number of methoxy groups -OCH3 is 2. The first-order chi connectivity index (χ1) is 14.5. The van der Waals surface area contributed by atoms with E-state index in [1.807, 2.05) is 30.3 Å². The highest BCUT2D eigenvalue weighted by Crippen LogP contribution is 2.50. The molecule has 4 rings (SSSR count). The van der Waals surface area contributed by atoms with E-state index in [-0.39, 0.29) is 11.2 Å². The summed E-state index contributed by atoms with van der Waals surface area (Å²) in [7, 11) is 3.13. The average Bonchev–Trinajstić information content (AvgIpc) is 3.44. The van der Waals surface area contributed by atoms with Gasteiger partial charge in [-0.2, -0.15) is 0 Å². The highest BCUT2D eigenvalue weighted by Gasteiger charge is 2.44. The fourth-order valence-corrected chi connectivity index (χ4v) is 4.03. The number of fused-ring (bicyclic) bond motifs is 1. The van der Waals surface area contributed by atoms with Crippen molar-refractivity contribution in [3.05, 3.63) is 41.5 Å². The lowest BCUT2D eigenvalue weighted by Gasteiger charge is -2.22. The van der Waals surface area contributed by atoms with E-state index in [4.69, 9.17) is 19.3 Å². The fourth-order valence-electron chi connectivity index (χ4n) is 4.03. The molecule has 7 nitrogen and oxygen atoms in total. The van der Waals surface area contributed by atoms with Gasteiger partial charge in [0.1, 0.15) is 0 Å². The van der Waals surface area contributed by atoms with Crippen LogP contribution < -0.4 is 19.5 Å². The van der Waals surface area contributed by atoms with Gasteiger partial charge in [-0.25, -0.2) is 4.79 Å². The molecule has 0 aliphatic heterocycles.